The van der Waals surface area contributed by atoms with Gasteiger partial charge in [-0.3, -0.25) is 0 Å². The Labute approximate surface area is 117 Å². The molecule has 0 spiro atoms. The molecule has 2 heterocycles. The fraction of sp³-hybridized carbons (Fsp3) is 0.556. The van der Waals surface area contributed by atoms with Gasteiger partial charge < -0.3 is 5.11 Å². The van der Waals surface area contributed by atoms with Crippen LogP contribution >= 0.6 is 38.9 Å². The molecule has 96 valence electrons. The van der Waals surface area contributed by atoms with Crippen molar-refractivity contribution in [3.05, 3.63) is 14.9 Å². The lowest BCUT2D eigenvalue weighted by molar-refractivity contribution is 0.113. The smallest absolute Gasteiger partial charge is 0.252 e. The highest BCUT2D eigenvalue weighted by atomic mass is 79.9. The fourth-order valence-electron chi connectivity index (χ4n) is 1.66. The van der Waals surface area contributed by atoms with Crippen LogP contribution in [0.1, 0.15) is 12.8 Å². The van der Waals surface area contributed by atoms with Crippen molar-refractivity contribution in [1.29, 1.82) is 0 Å². The summed E-state index contributed by atoms with van der Waals surface area (Å²) in [4.78, 5) is 0. The van der Waals surface area contributed by atoms with E-state index in [1.165, 1.54) is 10.4 Å². The molecule has 0 unspecified atom stereocenters. The highest BCUT2D eigenvalue weighted by Gasteiger charge is 2.30. The molecule has 1 N–H and O–H groups in total. The Hall–Kier alpha value is 0.340. The van der Waals surface area contributed by atoms with E-state index >= 15 is 0 Å². The minimum atomic E-state index is -3.46. The summed E-state index contributed by atoms with van der Waals surface area (Å²) < 4.78 is 26.7. The summed E-state index contributed by atoms with van der Waals surface area (Å²) in [5.41, 5.74) is 0. The second kappa shape index (κ2) is 5.14. The number of sulfonamides is 1. The largest absolute Gasteiger partial charge is 0.393 e. The van der Waals surface area contributed by atoms with E-state index in [1.807, 2.05) is 0 Å². The first-order valence-electron chi connectivity index (χ1n) is 5.04. The summed E-state index contributed by atoms with van der Waals surface area (Å²) in [6.45, 7) is 0.716. The predicted molar refractivity (Wildman–Crippen MR) is 71.0 cm³/mol. The maximum Gasteiger partial charge on any atom is 0.252 e. The normalized spacial score (nSPS) is 19.7. The summed E-state index contributed by atoms with van der Waals surface area (Å²) in [6.07, 6.45) is 0.582. The number of aliphatic hydroxyl groups excluding tert-OH is 1. The number of hydrogen-bond acceptors (Lipinski definition) is 4. The Kier molecular flexibility index (Phi) is 4.16. The number of piperidine rings is 1. The molecule has 0 saturated carbocycles. The third-order valence-corrected chi connectivity index (χ3v) is 7.46. The van der Waals surface area contributed by atoms with Crippen molar-refractivity contribution in [2.45, 2.75) is 23.2 Å². The zero-order chi connectivity index (χ0) is 12.6. The van der Waals surface area contributed by atoms with E-state index in [0.29, 0.717) is 34.7 Å². The van der Waals surface area contributed by atoms with Gasteiger partial charge in [-0.25, -0.2) is 8.42 Å². The molecule has 1 fully saturated rings. The van der Waals surface area contributed by atoms with Crippen LogP contribution in [0.15, 0.2) is 14.1 Å². The standard InChI is InChI=1S/C9H11BrClNO3S2/c10-9-7(11)5-8(16-9)17(14,15)12-3-1-6(13)2-4-12/h5-6,13H,1-4H2. The zero-order valence-electron chi connectivity index (χ0n) is 8.77. The van der Waals surface area contributed by atoms with Crippen LogP contribution in [0.5, 0.6) is 0 Å². The van der Waals surface area contributed by atoms with Crippen LogP contribution in [0.3, 0.4) is 0 Å². The van der Waals surface area contributed by atoms with E-state index in [2.05, 4.69) is 15.9 Å². The molecule has 1 aliphatic rings. The average Bonchev–Trinajstić information content (AvgIpc) is 2.60. The van der Waals surface area contributed by atoms with Gasteiger partial charge in [0.15, 0.2) is 0 Å². The molecule has 1 aliphatic heterocycles. The first-order valence-corrected chi connectivity index (χ1v) is 8.47. The number of hydrogen-bond donors (Lipinski definition) is 1. The lowest BCUT2D eigenvalue weighted by Crippen LogP contribution is -2.39. The van der Waals surface area contributed by atoms with Gasteiger partial charge in [-0.05, 0) is 34.8 Å². The molecule has 17 heavy (non-hydrogen) atoms. The van der Waals surface area contributed by atoms with Crippen molar-refractivity contribution in [3.63, 3.8) is 0 Å². The summed E-state index contributed by atoms with van der Waals surface area (Å²) >= 11 is 10.2. The second-order valence-corrected chi connectivity index (χ2v) is 8.76. The van der Waals surface area contributed by atoms with Crippen LogP contribution < -0.4 is 0 Å². The minimum absolute atomic E-state index is 0.241. The fourth-order valence-corrected chi connectivity index (χ4v) is 5.69. The van der Waals surface area contributed by atoms with Gasteiger partial charge in [-0.2, -0.15) is 4.31 Å². The number of thiophene rings is 1. The molecule has 1 saturated heterocycles. The number of rotatable bonds is 2. The van der Waals surface area contributed by atoms with Gasteiger partial charge in [-0.1, -0.05) is 11.6 Å². The Bertz CT molecular complexity index is 489. The Morgan fingerprint density at radius 2 is 2.06 bits per heavy atom. The highest BCUT2D eigenvalue weighted by molar-refractivity contribution is 9.11. The molecular weight excluding hydrogens is 350 g/mol. The third-order valence-electron chi connectivity index (χ3n) is 2.64. The van der Waals surface area contributed by atoms with Gasteiger partial charge >= 0.3 is 0 Å². The molecule has 0 amide bonds. The van der Waals surface area contributed by atoms with Crippen molar-refractivity contribution in [3.8, 4) is 0 Å². The molecule has 1 aromatic rings. The maximum atomic E-state index is 12.2. The first kappa shape index (κ1) is 13.8. The van der Waals surface area contributed by atoms with Crippen LogP contribution in [-0.2, 0) is 10.0 Å². The van der Waals surface area contributed by atoms with Crippen molar-refractivity contribution in [2.24, 2.45) is 0 Å². The number of nitrogens with zero attached hydrogens (tertiary/aromatic N) is 1. The molecule has 1 aromatic heterocycles. The summed E-state index contributed by atoms with van der Waals surface area (Å²) in [7, 11) is -3.46. The summed E-state index contributed by atoms with van der Waals surface area (Å²) in [6, 6.07) is 1.46. The number of aliphatic hydroxyl groups is 1. The van der Waals surface area contributed by atoms with Crippen molar-refractivity contribution in [1.82, 2.24) is 4.31 Å². The van der Waals surface area contributed by atoms with Crippen molar-refractivity contribution >= 4 is 48.9 Å². The van der Waals surface area contributed by atoms with E-state index in [4.69, 9.17) is 11.6 Å². The van der Waals surface area contributed by atoms with E-state index in [0.717, 1.165) is 11.3 Å². The lowest BCUT2D eigenvalue weighted by Gasteiger charge is -2.28. The van der Waals surface area contributed by atoms with Crippen molar-refractivity contribution < 1.29 is 13.5 Å². The minimum Gasteiger partial charge on any atom is -0.393 e. The molecule has 0 atom stereocenters. The highest BCUT2D eigenvalue weighted by Crippen LogP contribution is 2.36. The molecule has 4 nitrogen and oxygen atoms in total. The van der Waals surface area contributed by atoms with Crippen LogP contribution in [0.25, 0.3) is 0 Å². The molecule has 0 radical (unpaired) electrons. The first-order chi connectivity index (χ1) is 7.91. The molecular formula is C9H11BrClNO3S2. The molecule has 8 heteroatoms. The quantitative estimate of drug-likeness (QED) is 0.880. The Morgan fingerprint density at radius 3 is 2.53 bits per heavy atom. The van der Waals surface area contributed by atoms with Gasteiger partial charge in [0.05, 0.1) is 14.9 Å². The Morgan fingerprint density at radius 1 is 1.47 bits per heavy atom. The maximum absolute atomic E-state index is 12.2. The molecule has 0 bridgehead atoms. The van der Waals surface area contributed by atoms with Gasteiger partial charge in [0.1, 0.15) is 4.21 Å². The predicted octanol–water partition coefficient (Wildman–Crippen LogP) is 2.31. The molecule has 0 aliphatic carbocycles. The number of halogens is 2. The van der Waals surface area contributed by atoms with E-state index < -0.39 is 10.0 Å². The zero-order valence-corrected chi connectivity index (χ0v) is 12.7. The van der Waals surface area contributed by atoms with E-state index in [-0.39, 0.29) is 10.3 Å². The average molecular weight is 361 g/mol. The SMILES string of the molecule is O=S(=O)(c1cc(Cl)c(Br)s1)N1CCC(O)CC1. The van der Waals surface area contributed by atoms with Crippen LogP contribution in [-0.4, -0.2) is 37.0 Å². The summed E-state index contributed by atoms with van der Waals surface area (Å²) in [5, 5.41) is 9.77. The van der Waals surface area contributed by atoms with Gasteiger partial charge in [-0.15, -0.1) is 11.3 Å². The van der Waals surface area contributed by atoms with E-state index in [1.54, 1.807) is 0 Å². The van der Waals surface area contributed by atoms with Gasteiger partial charge in [0, 0.05) is 13.1 Å². The second-order valence-electron chi connectivity index (χ2n) is 3.82. The monoisotopic (exact) mass is 359 g/mol. The van der Waals surface area contributed by atoms with E-state index in [9.17, 15) is 13.5 Å². The van der Waals surface area contributed by atoms with Crippen molar-refractivity contribution in [2.75, 3.05) is 13.1 Å². The van der Waals surface area contributed by atoms with Crippen LogP contribution in [0, 0.1) is 0 Å². The Balaban J connectivity index is 2.24. The van der Waals surface area contributed by atoms with Gasteiger partial charge in [0.2, 0.25) is 0 Å². The molecule has 2 rings (SSSR count). The summed E-state index contributed by atoms with van der Waals surface area (Å²) in [5.74, 6) is 0. The van der Waals surface area contributed by atoms with Crippen LogP contribution in [0.4, 0.5) is 0 Å². The lowest BCUT2D eigenvalue weighted by atomic mass is 10.1. The third kappa shape index (κ3) is 2.85. The van der Waals surface area contributed by atoms with Crippen LogP contribution in [0.2, 0.25) is 5.02 Å². The molecule has 0 aromatic carbocycles. The topological polar surface area (TPSA) is 57.6 Å². The van der Waals surface area contributed by atoms with Gasteiger partial charge in [0.25, 0.3) is 10.0 Å².